The molecule has 0 unspecified atom stereocenters. The Kier molecular flexibility index (Phi) is 2.30. The van der Waals surface area contributed by atoms with E-state index < -0.39 is 12.0 Å². The van der Waals surface area contributed by atoms with E-state index in [-0.39, 0.29) is 4.96 Å². The smallest absolute Gasteiger partial charge is 0.264 e. The summed E-state index contributed by atoms with van der Waals surface area (Å²) in [6.07, 6.45) is -1.47. The molecule has 92 valence electrons. The number of halogens is 3. The van der Waals surface area contributed by atoms with Crippen molar-refractivity contribution in [3.63, 3.8) is 0 Å². The van der Waals surface area contributed by atoms with Gasteiger partial charge in [-0.2, -0.15) is 22.8 Å². The van der Waals surface area contributed by atoms with Crippen molar-refractivity contribution in [3.8, 4) is 10.6 Å². The van der Waals surface area contributed by atoms with E-state index in [0.29, 0.717) is 15.1 Å². The fourth-order valence-corrected chi connectivity index (χ4v) is 2.23. The summed E-state index contributed by atoms with van der Waals surface area (Å²) in [5, 5.41) is 10.8. The minimum Gasteiger partial charge on any atom is -0.264 e. The number of fused-ring (bicyclic) bond motifs is 1. The van der Waals surface area contributed by atoms with Crippen LogP contribution < -0.4 is 0 Å². The second kappa shape index (κ2) is 3.73. The number of hydrogen-bond donors (Lipinski definition) is 0. The van der Waals surface area contributed by atoms with Gasteiger partial charge >= 0.3 is 6.18 Å². The maximum absolute atomic E-state index is 12.6. The fourth-order valence-electron chi connectivity index (χ4n) is 1.40. The molecule has 0 atom stereocenters. The molecule has 3 rings (SSSR count). The van der Waals surface area contributed by atoms with Crippen LogP contribution in [0.4, 0.5) is 13.2 Å². The van der Waals surface area contributed by atoms with Crippen molar-refractivity contribution in [2.24, 2.45) is 0 Å². The lowest BCUT2D eigenvalue weighted by Crippen LogP contribution is -2.11. The Hall–Kier alpha value is -2.03. The highest BCUT2D eigenvalue weighted by molar-refractivity contribution is 7.19. The molecule has 3 aromatic rings. The molecule has 5 nitrogen and oxygen atoms in total. The van der Waals surface area contributed by atoms with Crippen LogP contribution in [0.15, 0.2) is 24.5 Å². The Bertz CT molecular complexity index is 687. The van der Waals surface area contributed by atoms with Crippen LogP contribution in [0.5, 0.6) is 0 Å². The standard InChI is InChI=1S/C9H4F3N5S/c10-9(11,12)7-14-15-8-17(7)16-6(18-8)5-2-1-3-13-4-5/h1-4H. The molecule has 0 bridgehead atoms. The van der Waals surface area contributed by atoms with Gasteiger partial charge in [-0.1, -0.05) is 11.3 Å². The molecule has 9 heteroatoms. The summed E-state index contributed by atoms with van der Waals surface area (Å²) in [5.74, 6) is -1.12. The first-order valence-corrected chi connectivity index (χ1v) is 5.57. The molecule has 0 aromatic carbocycles. The number of aromatic nitrogens is 5. The molecule has 0 aliphatic rings. The molecule has 0 aliphatic carbocycles. The normalized spacial score (nSPS) is 12.2. The lowest BCUT2D eigenvalue weighted by atomic mass is 10.3. The second-order valence-electron chi connectivity index (χ2n) is 3.36. The molecular weight excluding hydrogens is 267 g/mol. The van der Waals surface area contributed by atoms with Crippen molar-refractivity contribution in [2.45, 2.75) is 6.18 Å². The van der Waals surface area contributed by atoms with E-state index >= 15 is 0 Å². The van der Waals surface area contributed by atoms with Crippen LogP contribution >= 0.6 is 11.3 Å². The van der Waals surface area contributed by atoms with E-state index in [1.54, 1.807) is 18.3 Å². The summed E-state index contributed by atoms with van der Waals surface area (Å²) in [5.41, 5.74) is 0.640. The van der Waals surface area contributed by atoms with E-state index in [0.717, 1.165) is 11.3 Å². The van der Waals surface area contributed by atoms with Gasteiger partial charge < -0.3 is 0 Å². The van der Waals surface area contributed by atoms with E-state index in [2.05, 4.69) is 20.3 Å². The SMILES string of the molecule is FC(F)(F)c1nnc2sc(-c3cccnc3)nn12. The van der Waals surface area contributed by atoms with Crippen LogP contribution in [0.3, 0.4) is 0 Å². The van der Waals surface area contributed by atoms with Crippen LogP contribution in [0.25, 0.3) is 15.5 Å². The predicted octanol–water partition coefficient (Wildman–Crippen LogP) is 2.27. The summed E-state index contributed by atoms with van der Waals surface area (Å²) in [6.45, 7) is 0. The first-order valence-electron chi connectivity index (χ1n) is 4.75. The average Bonchev–Trinajstić information content (AvgIpc) is 2.87. The van der Waals surface area contributed by atoms with Gasteiger partial charge in [0.15, 0.2) is 0 Å². The van der Waals surface area contributed by atoms with Crippen molar-refractivity contribution in [1.82, 2.24) is 24.8 Å². The molecule has 0 saturated carbocycles. The van der Waals surface area contributed by atoms with E-state index in [9.17, 15) is 13.2 Å². The lowest BCUT2D eigenvalue weighted by Gasteiger charge is -2.00. The van der Waals surface area contributed by atoms with Crippen molar-refractivity contribution in [3.05, 3.63) is 30.4 Å². The van der Waals surface area contributed by atoms with Crippen LogP contribution in [-0.4, -0.2) is 24.8 Å². The van der Waals surface area contributed by atoms with E-state index in [1.165, 1.54) is 6.20 Å². The molecule has 0 saturated heterocycles. The molecule has 0 N–H and O–H groups in total. The van der Waals surface area contributed by atoms with E-state index in [1.807, 2.05) is 0 Å². The topological polar surface area (TPSA) is 56.0 Å². The Morgan fingerprint density at radius 1 is 1.22 bits per heavy atom. The highest BCUT2D eigenvalue weighted by atomic mass is 32.1. The van der Waals surface area contributed by atoms with Gasteiger partial charge in [0.05, 0.1) is 0 Å². The van der Waals surface area contributed by atoms with Crippen LogP contribution in [-0.2, 0) is 6.18 Å². The third-order valence-corrected chi connectivity index (χ3v) is 3.10. The monoisotopic (exact) mass is 271 g/mol. The molecule has 3 heterocycles. The van der Waals surface area contributed by atoms with Gasteiger partial charge in [-0.25, -0.2) is 0 Å². The van der Waals surface area contributed by atoms with Crippen molar-refractivity contribution < 1.29 is 13.2 Å². The first-order chi connectivity index (χ1) is 8.55. The Labute approximate surface area is 102 Å². The maximum Gasteiger partial charge on any atom is 0.453 e. The zero-order valence-corrected chi connectivity index (χ0v) is 9.40. The minimum atomic E-state index is -4.57. The Balaban J connectivity index is 2.16. The molecular formula is C9H4F3N5S. The van der Waals surface area contributed by atoms with Crippen molar-refractivity contribution >= 4 is 16.3 Å². The molecule has 0 amide bonds. The number of alkyl halides is 3. The molecule has 0 spiro atoms. The van der Waals surface area contributed by atoms with Gasteiger partial charge in [0.25, 0.3) is 5.82 Å². The highest BCUT2D eigenvalue weighted by Gasteiger charge is 2.38. The predicted molar refractivity (Wildman–Crippen MR) is 56.9 cm³/mol. The molecule has 0 radical (unpaired) electrons. The zero-order chi connectivity index (χ0) is 12.8. The van der Waals surface area contributed by atoms with Crippen molar-refractivity contribution in [2.75, 3.05) is 0 Å². The quantitative estimate of drug-likeness (QED) is 0.681. The molecule has 3 aromatic heterocycles. The minimum absolute atomic E-state index is 0.0983. The third-order valence-electron chi connectivity index (χ3n) is 2.15. The molecule has 0 aliphatic heterocycles. The Morgan fingerprint density at radius 3 is 2.72 bits per heavy atom. The summed E-state index contributed by atoms with van der Waals surface area (Å²) < 4.78 is 38.5. The molecule has 0 fully saturated rings. The van der Waals surface area contributed by atoms with Crippen LogP contribution in [0.2, 0.25) is 0 Å². The summed E-state index contributed by atoms with van der Waals surface area (Å²) in [7, 11) is 0. The largest absolute Gasteiger partial charge is 0.453 e. The summed E-state index contributed by atoms with van der Waals surface area (Å²) in [6, 6.07) is 3.40. The van der Waals surface area contributed by atoms with E-state index in [4.69, 9.17) is 0 Å². The van der Waals surface area contributed by atoms with Gasteiger partial charge in [0, 0.05) is 18.0 Å². The van der Waals surface area contributed by atoms with Gasteiger partial charge in [-0.05, 0) is 12.1 Å². The number of rotatable bonds is 1. The third kappa shape index (κ3) is 1.72. The highest BCUT2D eigenvalue weighted by Crippen LogP contribution is 2.31. The number of nitrogens with zero attached hydrogens (tertiary/aromatic N) is 5. The lowest BCUT2D eigenvalue weighted by molar-refractivity contribution is -0.146. The van der Waals surface area contributed by atoms with Gasteiger partial charge in [-0.15, -0.1) is 10.2 Å². The zero-order valence-electron chi connectivity index (χ0n) is 8.59. The first kappa shape index (κ1) is 11.1. The number of hydrogen-bond acceptors (Lipinski definition) is 5. The van der Waals surface area contributed by atoms with Crippen molar-refractivity contribution in [1.29, 1.82) is 0 Å². The number of pyridine rings is 1. The van der Waals surface area contributed by atoms with Gasteiger partial charge in [-0.3, -0.25) is 4.98 Å². The second-order valence-corrected chi connectivity index (χ2v) is 4.32. The van der Waals surface area contributed by atoms with Crippen LogP contribution in [0.1, 0.15) is 5.82 Å². The van der Waals surface area contributed by atoms with Gasteiger partial charge in [0.2, 0.25) is 4.96 Å². The average molecular weight is 271 g/mol. The summed E-state index contributed by atoms with van der Waals surface area (Å²) in [4.78, 5) is 3.98. The van der Waals surface area contributed by atoms with Crippen LogP contribution in [0, 0.1) is 0 Å². The van der Waals surface area contributed by atoms with Gasteiger partial charge in [0.1, 0.15) is 5.01 Å². The fraction of sp³-hybridized carbons (Fsp3) is 0.111. The molecule has 18 heavy (non-hydrogen) atoms. The summed E-state index contributed by atoms with van der Waals surface area (Å²) >= 11 is 1.03. The maximum atomic E-state index is 12.6. The Morgan fingerprint density at radius 2 is 2.06 bits per heavy atom.